The molecule has 0 spiro atoms. The zero-order valence-corrected chi connectivity index (χ0v) is 25.5. The van der Waals surface area contributed by atoms with Gasteiger partial charge in [-0.2, -0.15) is 0 Å². The summed E-state index contributed by atoms with van der Waals surface area (Å²) >= 11 is 0. The lowest BCUT2D eigenvalue weighted by molar-refractivity contribution is -0.159. The fourth-order valence-corrected chi connectivity index (χ4v) is 5.94. The minimum atomic E-state index is -1.19. The molecule has 0 unspecified atom stereocenters. The van der Waals surface area contributed by atoms with E-state index in [1.54, 1.807) is 31.7 Å². The molecule has 3 aromatic carbocycles. The number of piperidine rings is 1. The van der Waals surface area contributed by atoms with E-state index in [1.165, 1.54) is 0 Å². The van der Waals surface area contributed by atoms with Crippen LogP contribution in [0.3, 0.4) is 0 Å². The van der Waals surface area contributed by atoms with E-state index in [2.05, 4.69) is 4.90 Å². The van der Waals surface area contributed by atoms with Gasteiger partial charge in [-0.1, -0.05) is 78.9 Å². The lowest BCUT2D eigenvalue weighted by Gasteiger charge is -2.42. The molecule has 3 aromatic rings. The monoisotopic (exact) mass is 572 g/mol. The molecule has 7 heteroatoms. The van der Waals surface area contributed by atoms with E-state index < -0.39 is 22.6 Å². The summed E-state index contributed by atoms with van der Waals surface area (Å²) in [5.41, 5.74) is -0.517. The minimum absolute atomic E-state index is 0.0451. The Bertz CT molecular complexity index is 1290. The maximum absolute atomic E-state index is 14.0. The minimum Gasteiger partial charge on any atom is -0.476 e. The van der Waals surface area contributed by atoms with Crippen molar-refractivity contribution in [3.05, 3.63) is 102 Å². The SMILES string of the molecule is CCOC(=O)C(C)(C)Oc1ccccc1C1(O)CCN(CCC(C(=O)N(C)C)(c2ccccc2)c2ccccc2)CC1. The number of esters is 1. The highest BCUT2D eigenvalue weighted by Crippen LogP contribution is 2.41. The number of rotatable bonds is 11. The number of para-hydroxylation sites is 1. The first-order chi connectivity index (χ1) is 20.0. The Labute approximate surface area is 250 Å². The second-order valence-electron chi connectivity index (χ2n) is 11.8. The molecular formula is C35H44N2O5. The number of carbonyl (C=O) groups excluding carboxylic acids is 2. The molecule has 0 saturated carbocycles. The number of likely N-dealkylation sites (tertiary alicyclic amines) is 1. The first kappa shape index (κ1) is 31.3. The number of nitrogens with zero attached hydrogens (tertiary/aromatic N) is 2. The van der Waals surface area contributed by atoms with Crippen LogP contribution in [0.1, 0.15) is 56.7 Å². The van der Waals surface area contributed by atoms with Gasteiger partial charge in [0.05, 0.1) is 12.2 Å². The zero-order valence-electron chi connectivity index (χ0n) is 25.5. The van der Waals surface area contributed by atoms with Crippen molar-refractivity contribution in [3.8, 4) is 5.75 Å². The highest BCUT2D eigenvalue weighted by Gasteiger charge is 2.44. The third-order valence-corrected chi connectivity index (χ3v) is 8.31. The number of aliphatic hydroxyl groups is 1. The molecule has 1 amide bonds. The molecule has 1 heterocycles. The molecule has 1 saturated heterocycles. The summed E-state index contributed by atoms with van der Waals surface area (Å²) in [7, 11) is 3.62. The van der Waals surface area contributed by atoms with Crippen LogP contribution in [-0.4, -0.2) is 72.7 Å². The molecule has 0 radical (unpaired) electrons. The quantitative estimate of drug-likeness (QED) is 0.320. The molecule has 0 aliphatic carbocycles. The zero-order chi connectivity index (χ0) is 30.4. The first-order valence-corrected chi connectivity index (χ1v) is 14.8. The fourth-order valence-electron chi connectivity index (χ4n) is 5.94. The van der Waals surface area contributed by atoms with E-state index in [0.717, 1.165) is 11.1 Å². The highest BCUT2D eigenvalue weighted by molar-refractivity contribution is 5.92. The van der Waals surface area contributed by atoms with Crippen LogP contribution in [0.25, 0.3) is 0 Å². The van der Waals surface area contributed by atoms with Crippen LogP contribution in [0.5, 0.6) is 5.75 Å². The smallest absolute Gasteiger partial charge is 0.349 e. The van der Waals surface area contributed by atoms with Gasteiger partial charge in [-0.3, -0.25) is 4.79 Å². The Hall–Kier alpha value is -3.68. The standard InChI is InChI=1S/C35H44N2O5/c1-6-41-32(39)33(2,3)42-30-20-14-13-19-29(30)34(40)21-24-37(25-22-34)26-23-35(31(38)36(4)5,27-15-9-7-10-16-27)28-17-11-8-12-18-28/h7-20,40H,6,21-26H2,1-5H3. The lowest BCUT2D eigenvalue weighted by Crippen LogP contribution is -2.49. The highest BCUT2D eigenvalue weighted by atomic mass is 16.6. The van der Waals surface area contributed by atoms with Gasteiger partial charge in [0.1, 0.15) is 11.2 Å². The van der Waals surface area contributed by atoms with Crippen LogP contribution >= 0.6 is 0 Å². The topological polar surface area (TPSA) is 79.3 Å². The summed E-state index contributed by atoms with van der Waals surface area (Å²) in [6.07, 6.45) is 1.60. The largest absolute Gasteiger partial charge is 0.476 e. The third kappa shape index (κ3) is 6.53. The van der Waals surface area contributed by atoms with Crippen molar-refractivity contribution < 1.29 is 24.2 Å². The van der Waals surface area contributed by atoms with Crippen LogP contribution in [-0.2, 0) is 25.3 Å². The van der Waals surface area contributed by atoms with Gasteiger partial charge in [-0.05, 0) is 63.8 Å². The second-order valence-corrected chi connectivity index (χ2v) is 11.8. The summed E-state index contributed by atoms with van der Waals surface area (Å²) in [5, 5.41) is 11.8. The van der Waals surface area contributed by atoms with Crippen molar-refractivity contribution in [2.75, 3.05) is 40.3 Å². The molecule has 0 aromatic heterocycles. The number of likely N-dealkylation sites (N-methyl/N-ethyl adjacent to an activating group) is 1. The average molecular weight is 573 g/mol. The molecule has 1 aliphatic heterocycles. The maximum Gasteiger partial charge on any atom is 0.349 e. The number of benzene rings is 3. The van der Waals surface area contributed by atoms with E-state index >= 15 is 0 Å². The van der Waals surface area contributed by atoms with Gasteiger partial charge in [0, 0.05) is 32.7 Å². The summed E-state index contributed by atoms with van der Waals surface area (Å²) in [6, 6.07) is 27.4. The normalized spacial score (nSPS) is 15.6. The Morgan fingerprint density at radius 3 is 1.93 bits per heavy atom. The van der Waals surface area contributed by atoms with Gasteiger partial charge in [-0.25, -0.2) is 4.79 Å². The van der Waals surface area contributed by atoms with Crippen LogP contribution in [0.2, 0.25) is 0 Å². The molecule has 0 atom stereocenters. The van der Waals surface area contributed by atoms with Crippen molar-refractivity contribution in [1.29, 1.82) is 0 Å². The molecule has 224 valence electrons. The maximum atomic E-state index is 14.0. The van der Waals surface area contributed by atoms with Crippen molar-refractivity contribution in [2.45, 2.75) is 56.7 Å². The fraction of sp³-hybridized carbons (Fsp3) is 0.429. The van der Waals surface area contributed by atoms with Gasteiger partial charge in [-0.15, -0.1) is 0 Å². The number of carbonyl (C=O) groups is 2. The first-order valence-electron chi connectivity index (χ1n) is 14.8. The van der Waals surface area contributed by atoms with E-state index in [-0.39, 0.29) is 12.5 Å². The Morgan fingerprint density at radius 2 is 1.40 bits per heavy atom. The molecular weight excluding hydrogens is 528 g/mol. The molecule has 0 bridgehead atoms. The van der Waals surface area contributed by atoms with Gasteiger partial charge in [0.2, 0.25) is 5.91 Å². The van der Waals surface area contributed by atoms with E-state index in [0.29, 0.717) is 50.2 Å². The molecule has 1 aliphatic rings. The summed E-state index contributed by atoms with van der Waals surface area (Å²) in [5.74, 6) is 0.0770. The number of hydrogen-bond donors (Lipinski definition) is 1. The molecule has 7 nitrogen and oxygen atoms in total. The van der Waals surface area contributed by atoms with Crippen LogP contribution in [0.15, 0.2) is 84.9 Å². The Morgan fingerprint density at radius 1 is 0.881 bits per heavy atom. The molecule has 42 heavy (non-hydrogen) atoms. The Kier molecular flexibility index (Phi) is 9.74. The third-order valence-electron chi connectivity index (χ3n) is 8.31. The number of hydrogen-bond acceptors (Lipinski definition) is 6. The van der Waals surface area contributed by atoms with E-state index in [9.17, 15) is 14.7 Å². The van der Waals surface area contributed by atoms with Crippen molar-refractivity contribution in [2.24, 2.45) is 0 Å². The molecule has 1 N–H and O–H groups in total. The van der Waals surface area contributed by atoms with E-state index in [4.69, 9.17) is 9.47 Å². The van der Waals surface area contributed by atoms with Gasteiger partial charge in [0.15, 0.2) is 5.60 Å². The summed E-state index contributed by atoms with van der Waals surface area (Å²) in [6.45, 7) is 7.38. The van der Waals surface area contributed by atoms with Crippen LogP contribution in [0, 0.1) is 0 Å². The van der Waals surface area contributed by atoms with Gasteiger partial charge in [0.25, 0.3) is 0 Å². The van der Waals surface area contributed by atoms with Crippen LogP contribution < -0.4 is 4.74 Å². The summed E-state index contributed by atoms with van der Waals surface area (Å²) in [4.78, 5) is 30.5. The summed E-state index contributed by atoms with van der Waals surface area (Å²) < 4.78 is 11.3. The van der Waals surface area contributed by atoms with Crippen molar-refractivity contribution >= 4 is 11.9 Å². The Balaban J connectivity index is 1.54. The number of ether oxygens (including phenoxy) is 2. The van der Waals surface area contributed by atoms with E-state index in [1.807, 2.05) is 93.0 Å². The van der Waals surface area contributed by atoms with Crippen molar-refractivity contribution in [3.63, 3.8) is 0 Å². The van der Waals surface area contributed by atoms with Crippen molar-refractivity contribution in [1.82, 2.24) is 9.80 Å². The second kappa shape index (κ2) is 13.1. The molecule has 1 fully saturated rings. The van der Waals surface area contributed by atoms with Crippen LogP contribution in [0.4, 0.5) is 0 Å². The van der Waals surface area contributed by atoms with Gasteiger partial charge < -0.3 is 24.4 Å². The van der Waals surface area contributed by atoms with Gasteiger partial charge >= 0.3 is 5.97 Å². The predicted octanol–water partition coefficient (Wildman–Crippen LogP) is 5.16. The predicted molar refractivity (Wildman–Crippen MR) is 164 cm³/mol. The lowest BCUT2D eigenvalue weighted by atomic mass is 9.70. The average Bonchev–Trinajstić information content (AvgIpc) is 2.99. The molecule has 4 rings (SSSR count). The number of amides is 1.